The Morgan fingerprint density at radius 1 is 1.53 bits per heavy atom. The molecule has 2 unspecified atom stereocenters. The van der Waals surface area contributed by atoms with Gasteiger partial charge < -0.3 is 15.9 Å². The number of hydrogen-bond donors (Lipinski definition) is 3. The Morgan fingerprint density at radius 3 is 2.73 bits per heavy atom. The topological polar surface area (TPSA) is 109 Å². The van der Waals surface area contributed by atoms with Crippen molar-refractivity contribution in [2.24, 2.45) is 5.73 Å². The fourth-order valence-electron chi connectivity index (χ4n) is 1.14. The average molecular weight is 211 g/mol. The molecule has 0 bridgehead atoms. The molecular weight excluding hydrogens is 198 g/mol. The summed E-state index contributed by atoms with van der Waals surface area (Å²) in [5, 5.41) is 19.0. The predicted molar refractivity (Wildman–Crippen MR) is 51.5 cm³/mol. The molecule has 0 radical (unpaired) electrons. The summed E-state index contributed by atoms with van der Waals surface area (Å²) in [6, 6.07) is 0. The summed E-state index contributed by atoms with van der Waals surface area (Å²) < 4.78 is 0. The van der Waals surface area contributed by atoms with Gasteiger partial charge in [0.1, 0.15) is 6.10 Å². The number of primary amides is 1. The van der Waals surface area contributed by atoms with Crippen molar-refractivity contribution in [3.63, 3.8) is 0 Å². The van der Waals surface area contributed by atoms with E-state index in [1.807, 2.05) is 0 Å². The number of carbonyl (C=O) groups excluding carboxylic acids is 1. The van der Waals surface area contributed by atoms with E-state index in [1.54, 1.807) is 6.92 Å². The number of hydrogen-bond acceptors (Lipinski definition) is 5. The van der Waals surface area contributed by atoms with E-state index in [4.69, 9.17) is 5.73 Å². The molecule has 82 valence electrons. The van der Waals surface area contributed by atoms with Gasteiger partial charge in [-0.1, -0.05) is 0 Å². The lowest BCUT2D eigenvalue weighted by Gasteiger charge is -2.15. The van der Waals surface area contributed by atoms with Crippen LogP contribution in [0.5, 0.6) is 0 Å². The normalized spacial score (nSPS) is 14.6. The number of amides is 1. The zero-order valence-corrected chi connectivity index (χ0v) is 8.29. The van der Waals surface area contributed by atoms with E-state index < -0.39 is 18.1 Å². The molecule has 0 fully saturated rings. The van der Waals surface area contributed by atoms with Crippen molar-refractivity contribution in [1.82, 2.24) is 9.97 Å². The number of carbonyl (C=O) groups is 1. The second kappa shape index (κ2) is 4.81. The summed E-state index contributed by atoms with van der Waals surface area (Å²) in [6.45, 7) is 1.71. The van der Waals surface area contributed by atoms with Crippen LogP contribution in [0.4, 0.5) is 0 Å². The number of aliphatic hydroxyl groups is 2. The average Bonchev–Trinajstić information content (AvgIpc) is 2.15. The van der Waals surface area contributed by atoms with Gasteiger partial charge in [0, 0.05) is 6.20 Å². The largest absolute Gasteiger partial charge is 0.389 e. The third-order valence-corrected chi connectivity index (χ3v) is 1.85. The molecule has 1 aromatic rings. The van der Waals surface area contributed by atoms with Gasteiger partial charge >= 0.3 is 0 Å². The van der Waals surface area contributed by atoms with Gasteiger partial charge in [0.05, 0.1) is 30.1 Å². The van der Waals surface area contributed by atoms with Crippen molar-refractivity contribution < 1.29 is 15.0 Å². The molecule has 0 aliphatic heterocycles. The molecule has 0 aromatic carbocycles. The van der Waals surface area contributed by atoms with Crippen molar-refractivity contribution >= 4 is 5.91 Å². The molecule has 0 saturated carbocycles. The van der Waals surface area contributed by atoms with E-state index in [0.29, 0.717) is 5.69 Å². The molecule has 0 spiro atoms. The monoisotopic (exact) mass is 211 g/mol. The number of nitrogens with zero attached hydrogens (tertiary/aromatic N) is 2. The van der Waals surface area contributed by atoms with Crippen LogP contribution < -0.4 is 5.73 Å². The highest BCUT2D eigenvalue weighted by atomic mass is 16.3. The minimum absolute atomic E-state index is 0.226. The van der Waals surface area contributed by atoms with E-state index in [1.165, 1.54) is 12.4 Å². The van der Waals surface area contributed by atoms with Crippen LogP contribution >= 0.6 is 0 Å². The summed E-state index contributed by atoms with van der Waals surface area (Å²) in [5.41, 5.74) is 5.74. The van der Waals surface area contributed by atoms with Crippen LogP contribution in [0.3, 0.4) is 0 Å². The number of rotatable bonds is 4. The molecule has 0 saturated heterocycles. The SMILES string of the molecule is Cc1cncc(C(O)C(O)CC(N)=O)n1. The lowest BCUT2D eigenvalue weighted by molar-refractivity contribution is -0.121. The van der Waals surface area contributed by atoms with Crippen LogP contribution in [0.1, 0.15) is 23.9 Å². The summed E-state index contributed by atoms with van der Waals surface area (Å²) in [6.07, 6.45) is 0.0542. The first-order chi connectivity index (χ1) is 7.00. The second-order valence-electron chi connectivity index (χ2n) is 3.27. The van der Waals surface area contributed by atoms with Crippen molar-refractivity contribution in [1.29, 1.82) is 0 Å². The molecule has 15 heavy (non-hydrogen) atoms. The Morgan fingerprint density at radius 2 is 2.20 bits per heavy atom. The summed E-state index contributed by atoms with van der Waals surface area (Å²) in [4.78, 5) is 18.3. The van der Waals surface area contributed by atoms with E-state index in [9.17, 15) is 15.0 Å². The third-order valence-electron chi connectivity index (χ3n) is 1.85. The molecule has 1 rings (SSSR count). The van der Waals surface area contributed by atoms with E-state index in [0.717, 1.165) is 0 Å². The Labute approximate surface area is 86.8 Å². The van der Waals surface area contributed by atoms with Gasteiger partial charge in [-0.3, -0.25) is 14.8 Å². The van der Waals surface area contributed by atoms with Gasteiger partial charge in [-0.15, -0.1) is 0 Å². The smallest absolute Gasteiger partial charge is 0.220 e. The molecule has 1 amide bonds. The quantitative estimate of drug-likeness (QED) is 0.595. The summed E-state index contributed by atoms with van der Waals surface area (Å²) in [5.74, 6) is -0.679. The molecule has 0 aliphatic rings. The van der Waals surface area contributed by atoms with Crippen molar-refractivity contribution in [2.75, 3.05) is 0 Å². The second-order valence-corrected chi connectivity index (χ2v) is 3.27. The molecule has 6 nitrogen and oxygen atoms in total. The van der Waals surface area contributed by atoms with Gasteiger partial charge in [-0.25, -0.2) is 0 Å². The Kier molecular flexibility index (Phi) is 3.70. The number of aliphatic hydroxyl groups excluding tert-OH is 2. The number of aryl methyl sites for hydroxylation is 1. The van der Waals surface area contributed by atoms with Crippen molar-refractivity contribution in [3.05, 3.63) is 23.8 Å². The lowest BCUT2D eigenvalue weighted by atomic mass is 10.1. The summed E-state index contributed by atoms with van der Waals surface area (Å²) in [7, 11) is 0. The number of aromatic nitrogens is 2. The molecule has 1 heterocycles. The van der Waals surface area contributed by atoms with Gasteiger partial charge in [0.15, 0.2) is 0 Å². The highest BCUT2D eigenvalue weighted by Gasteiger charge is 2.21. The van der Waals surface area contributed by atoms with Crippen LogP contribution in [-0.4, -0.2) is 32.2 Å². The van der Waals surface area contributed by atoms with Crippen LogP contribution in [0.2, 0.25) is 0 Å². The van der Waals surface area contributed by atoms with Gasteiger partial charge in [0.25, 0.3) is 0 Å². The zero-order valence-electron chi connectivity index (χ0n) is 8.29. The van der Waals surface area contributed by atoms with Crippen LogP contribution in [0.15, 0.2) is 12.4 Å². The van der Waals surface area contributed by atoms with Crippen LogP contribution in [0.25, 0.3) is 0 Å². The third kappa shape index (κ3) is 3.26. The molecule has 6 heteroatoms. The van der Waals surface area contributed by atoms with Crippen LogP contribution in [-0.2, 0) is 4.79 Å². The van der Waals surface area contributed by atoms with Gasteiger partial charge in [0.2, 0.25) is 5.91 Å². The van der Waals surface area contributed by atoms with E-state index in [2.05, 4.69) is 9.97 Å². The predicted octanol–water partition coefficient (Wildman–Crippen LogP) is -0.945. The minimum atomic E-state index is -1.25. The highest BCUT2D eigenvalue weighted by molar-refractivity contribution is 5.74. The van der Waals surface area contributed by atoms with E-state index >= 15 is 0 Å². The Balaban J connectivity index is 2.75. The summed E-state index contributed by atoms with van der Waals surface area (Å²) >= 11 is 0. The van der Waals surface area contributed by atoms with Crippen molar-refractivity contribution in [3.8, 4) is 0 Å². The Hall–Kier alpha value is -1.53. The minimum Gasteiger partial charge on any atom is -0.389 e. The fourth-order valence-corrected chi connectivity index (χ4v) is 1.14. The molecule has 4 N–H and O–H groups in total. The molecule has 1 aromatic heterocycles. The van der Waals surface area contributed by atoms with Gasteiger partial charge in [-0.05, 0) is 6.92 Å². The lowest BCUT2D eigenvalue weighted by Crippen LogP contribution is -2.26. The first-order valence-corrected chi connectivity index (χ1v) is 4.43. The highest BCUT2D eigenvalue weighted by Crippen LogP contribution is 2.15. The molecular formula is C9H13N3O3. The fraction of sp³-hybridized carbons (Fsp3) is 0.444. The van der Waals surface area contributed by atoms with Crippen molar-refractivity contribution in [2.45, 2.75) is 25.6 Å². The maximum Gasteiger partial charge on any atom is 0.220 e. The molecule has 2 atom stereocenters. The van der Waals surface area contributed by atoms with Crippen LogP contribution in [0, 0.1) is 6.92 Å². The van der Waals surface area contributed by atoms with E-state index in [-0.39, 0.29) is 12.1 Å². The zero-order chi connectivity index (χ0) is 11.4. The first kappa shape index (κ1) is 11.5. The first-order valence-electron chi connectivity index (χ1n) is 4.43. The maximum absolute atomic E-state index is 10.5. The maximum atomic E-state index is 10.5. The standard InChI is InChI=1S/C9H13N3O3/c1-5-3-11-4-6(12-5)9(15)7(13)2-8(10)14/h3-4,7,9,13,15H,2H2,1H3,(H2,10,14). The molecule has 0 aliphatic carbocycles. The Bertz CT molecular complexity index is 356. The van der Waals surface area contributed by atoms with Gasteiger partial charge in [-0.2, -0.15) is 0 Å². The number of nitrogens with two attached hydrogens (primary N) is 1.